The molecule has 1 aromatic carbocycles. The van der Waals surface area contributed by atoms with Crippen molar-refractivity contribution in [2.45, 2.75) is 25.0 Å². The summed E-state index contributed by atoms with van der Waals surface area (Å²) in [5.74, 6) is 0. The number of halogens is 1. The molecular formula is C11H14ClNO. The fourth-order valence-electron chi connectivity index (χ4n) is 1.83. The molecule has 76 valence electrons. The van der Waals surface area contributed by atoms with E-state index in [1.54, 1.807) is 0 Å². The zero-order valence-corrected chi connectivity index (χ0v) is 8.70. The summed E-state index contributed by atoms with van der Waals surface area (Å²) in [4.78, 5) is 0. The second kappa shape index (κ2) is 4.30. The van der Waals surface area contributed by atoms with Crippen molar-refractivity contribution in [1.29, 1.82) is 0 Å². The van der Waals surface area contributed by atoms with E-state index in [2.05, 4.69) is 0 Å². The minimum absolute atomic E-state index is 0.0162. The van der Waals surface area contributed by atoms with Gasteiger partial charge in [0.25, 0.3) is 0 Å². The van der Waals surface area contributed by atoms with Gasteiger partial charge in [0.05, 0.1) is 6.10 Å². The van der Waals surface area contributed by atoms with Crippen LogP contribution in [0.1, 0.15) is 24.5 Å². The molecule has 1 fully saturated rings. The number of hydrogen-bond acceptors (Lipinski definition) is 2. The molecule has 0 saturated carbocycles. The van der Waals surface area contributed by atoms with E-state index in [1.807, 2.05) is 24.3 Å². The lowest BCUT2D eigenvalue weighted by Gasteiger charge is -2.29. The van der Waals surface area contributed by atoms with Gasteiger partial charge in [0.15, 0.2) is 0 Å². The molecule has 14 heavy (non-hydrogen) atoms. The fraction of sp³-hybridized carbons (Fsp3) is 0.455. The molecule has 1 aliphatic rings. The van der Waals surface area contributed by atoms with Crippen LogP contribution in [0, 0.1) is 0 Å². The molecule has 1 heterocycles. The maximum Gasteiger partial charge on any atom is 0.0976 e. The van der Waals surface area contributed by atoms with E-state index in [1.165, 1.54) is 0 Å². The molecule has 2 unspecified atom stereocenters. The highest BCUT2D eigenvalue weighted by Gasteiger charge is 2.23. The molecule has 2 nitrogen and oxygen atoms in total. The predicted molar refractivity (Wildman–Crippen MR) is 57.4 cm³/mol. The molecule has 0 spiro atoms. The minimum Gasteiger partial charge on any atom is -0.372 e. The zero-order chi connectivity index (χ0) is 9.97. The molecule has 2 rings (SSSR count). The molecule has 1 aliphatic heterocycles. The number of benzene rings is 1. The lowest BCUT2D eigenvalue weighted by atomic mass is 9.97. The van der Waals surface area contributed by atoms with Crippen LogP contribution < -0.4 is 5.73 Å². The maximum atomic E-state index is 5.99. The lowest BCUT2D eigenvalue weighted by molar-refractivity contribution is 0.000152. The Labute approximate surface area is 89.0 Å². The third-order valence-corrected chi connectivity index (χ3v) is 2.78. The normalized spacial score (nSPS) is 27.6. The van der Waals surface area contributed by atoms with E-state index in [0.717, 1.165) is 30.0 Å². The number of hydrogen-bond donors (Lipinski definition) is 1. The van der Waals surface area contributed by atoms with E-state index in [0.29, 0.717) is 0 Å². The Morgan fingerprint density at radius 3 is 3.00 bits per heavy atom. The summed E-state index contributed by atoms with van der Waals surface area (Å²) in [6.07, 6.45) is 2.09. The SMILES string of the molecule is NC1CCCOC1c1cccc(Cl)c1. The average molecular weight is 212 g/mol. The summed E-state index contributed by atoms with van der Waals surface area (Å²) in [7, 11) is 0. The van der Waals surface area contributed by atoms with Gasteiger partial charge in [-0.05, 0) is 30.5 Å². The quantitative estimate of drug-likeness (QED) is 0.775. The van der Waals surface area contributed by atoms with Gasteiger partial charge in [-0.3, -0.25) is 0 Å². The van der Waals surface area contributed by atoms with Crippen molar-refractivity contribution in [3.63, 3.8) is 0 Å². The van der Waals surface area contributed by atoms with Crippen molar-refractivity contribution in [3.8, 4) is 0 Å². The molecule has 1 aromatic rings. The number of ether oxygens (including phenoxy) is 1. The third kappa shape index (κ3) is 2.08. The lowest BCUT2D eigenvalue weighted by Crippen LogP contribution is -2.34. The van der Waals surface area contributed by atoms with E-state index in [4.69, 9.17) is 22.1 Å². The largest absolute Gasteiger partial charge is 0.372 e. The van der Waals surface area contributed by atoms with Crippen molar-refractivity contribution >= 4 is 11.6 Å². The molecule has 0 amide bonds. The molecule has 0 radical (unpaired) electrons. The second-order valence-electron chi connectivity index (χ2n) is 3.65. The second-order valence-corrected chi connectivity index (χ2v) is 4.09. The van der Waals surface area contributed by atoms with Crippen molar-refractivity contribution in [1.82, 2.24) is 0 Å². The van der Waals surface area contributed by atoms with Crippen LogP contribution >= 0.6 is 11.6 Å². The Hall–Kier alpha value is -0.570. The molecule has 1 saturated heterocycles. The Morgan fingerprint density at radius 2 is 2.29 bits per heavy atom. The molecule has 2 atom stereocenters. The van der Waals surface area contributed by atoms with Crippen molar-refractivity contribution in [2.24, 2.45) is 5.73 Å². The average Bonchev–Trinajstić information content (AvgIpc) is 2.18. The van der Waals surface area contributed by atoms with Gasteiger partial charge in [-0.2, -0.15) is 0 Å². The van der Waals surface area contributed by atoms with Crippen LogP contribution in [-0.2, 0) is 4.74 Å². The van der Waals surface area contributed by atoms with Crippen LogP contribution in [0.25, 0.3) is 0 Å². The Kier molecular flexibility index (Phi) is 3.06. The standard InChI is InChI=1S/C11H14ClNO/c12-9-4-1-3-8(7-9)11-10(13)5-2-6-14-11/h1,3-4,7,10-11H,2,5-6,13H2. The van der Waals surface area contributed by atoms with E-state index in [9.17, 15) is 0 Å². The molecule has 0 bridgehead atoms. The van der Waals surface area contributed by atoms with E-state index >= 15 is 0 Å². The fourth-order valence-corrected chi connectivity index (χ4v) is 2.03. The van der Waals surface area contributed by atoms with Crippen LogP contribution in [0.3, 0.4) is 0 Å². The smallest absolute Gasteiger partial charge is 0.0976 e. The number of rotatable bonds is 1. The summed E-state index contributed by atoms with van der Waals surface area (Å²) in [5.41, 5.74) is 7.08. The third-order valence-electron chi connectivity index (χ3n) is 2.55. The Balaban J connectivity index is 2.20. The highest BCUT2D eigenvalue weighted by Crippen LogP contribution is 2.28. The number of nitrogens with two attached hydrogens (primary N) is 1. The van der Waals surface area contributed by atoms with Gasteiger partial charge in [-0.15, -0.1) is 0 Å². The highest BCUT2D eigenvalue weighted by atomic mass is 35.5. The summed E-state index contributed by atoms with van der Waals surface area (Å²) in [6, 6.07) is 7.84. The highest BCUT2D eigenvalue weighted by molar-refractivity contribution is 6.30. The minimum atomic E-state index is 0.0162. The summed E-state index contributed by atoms with van der Waals surface area (Å²) in [5, 5.41) is 0.740. The van der Waals surface area contributed by atoms with Gasteiger partial charge in [-0.1, -0.05) is 23.7 Å². The summed E-state index contributed by atoms with van der Waals surface area (Å²) in [6.45, 7) is 0.797. The summed E-state index contributed by atoms with van der Waals surface area (Å²) < 4.78 is 5.65. The molecule has 2 N–H and O–H groups in total. The molecule has 0 aliphatic carbocycles. The van der Waals surface area contributed by atoms with Gasteiger partial charge in [-0.25, -0.2) is 0 Å². The van der Waals surface area contributed by atoms with Crippen molar-refractivity contribution < 1.29 is 4.74 Å². The van der Waals surface area contributed by atoms with Gasteiger partial charge in [0.2, 0.25) is 0 Å². The first kappa shape index (κ1) is 9.97. The monoisotopic (exact) mass is 211 g/mol. The first-order valence-corrected chi connectivity index (χ1v) is 5.28. The van der Waals surface area contributed by atoms with Crippen molar-refractivity contribution in [3.05, 3.63) is 34.9 Å². The van der Waals surface area contributed by atoms with Gasteiger partial charge < -0.3 is 10.5 Å². The van der Waals surface area contributed by atoms with Crippen LogP contribution in [0.15, 0.2) is 24.3 Å². The van der Waals surface area contributed by atoms with Crippen LogP contribution in [0.4, 0.5) is 0 Å². The van der Waals surface area contributed by atoms with Crippen LogP contribution in [-0.4, -0.2) is 12.6 Å². The van der Waals surface area contributed by atoms with E-state index < -0.39 is 0 Å². The molecular weight excluding hydrogens is 198 g/mol. The van der Waals surface area contributed by atoms with Gasteiger partial charge in [0, 0.05) is 17.7 Å². The first-order valence-electron chi connectivity index (χ1n) is 4.90. The maximum absolute atomic E-state index is 5.99. The van der Waals surface area contributed by atoms with Gasteiger partial charge in [0.1, 0.15) is 0 Å². The first-order chi connectivity index (χ1) is 6.77. The van der Waals surface area contributed by atoms with Gasteiger partial charge >= 0.3 is 0 Å². The molecule has 0 aromatic heterocycles. The Bertz CT molecular complexity index is 316. The van der Waals surface area contributed by atoms with Crippen LogP contribution in [0.2, 0.25) is 5.02 Å². The topological polar surface area (TPSA) is 35.2 Å². The predicted octanol–water partition coefficient (Wildman–Crippen LogP) is 2.52. The summed E-state index contributed by atoms with van der Waals surface area (Å²) >= 11 is 5.92. The van der Waals surface area contributed by atoms with E-state index in [-0.39, 0.29) is 12.1 Å². The Morgan fingerprint density at radius 1 is 1.43 bits per heavy atom. The molecule has 3 heteroatoms. The van der Waals surface area contributed by atoms with Crippen LogP contribution in [0.5, 0.6) is 0 Å². The zero-order valence-electron chi connectivity index (χ0n) is 7.95. The van der Waals surface area contributed by atoms with Crippen molar-refractivity contribution in [2.75, 3.05) is 6.61 Å².